The average Bonchev–Trinajstić information content (AvgIpc) is 2.58. The molecule has 2 aliphatic heterocycles. The van der Waals surface area contributed by atoms with E-state index in [0.29, 0.717) is 0 Å². The third kappa shape index (κ3) is 4.97. The molecule has 0 saturated carbocycles. The number of nitrogens with zero attached hydrogens (tertiary/aromatic N) is 2. The van der Waals surface area contributed by atoms with E-state index in [1.54, 1.807) is 0 Å². The fourth-order valence-electron chi connectivity index (χ4n) is 3.45. The van der Waals surface area contributed by atoms with Crippen molar-refractivity contribution in [1.29, 1.82) is 0 Å². The largest absolute Gasteiger partial charge is 0.492 e. The molecule has 1 aromatic carbocycles. The molecular weight excluding hydrogens is 274 g/mol. The van der Waals surface area contributed by atoms with Crippen LogP contribution in [0.15, 0.2) is 30.3 Å². The van der Waals surface area contributed by atoms with E-state index in [1.807, 2.05) is 30.3 Å². The lowest BCUT2D eigenvalue weighted by Gasteiger charge is -2.37. The van der Waals surface area contributed by atoms with Gasteiger partial charge in [-0.15, -0.1) is 0 Å². The Morgan fingerprint density at radius 3 is 2.55 bits per heavy atom. The molecule has 0 spiro atoms. The molecule has 2 fully saturated rings. The molecule has 0 bridgehead atoms. The summed E-state index contributed by atoms with van der Waals surface area (Å²) < 4.78 is 5.79. The van der Waals surface area contributed by atoms with Gasteiger partial charge in [0, 0.05) is 39.3 Å². The third-order valence-electron chi connectivity index (χ3n) is 4.80. The normalized spacial score (nSPS) is 24.3. The standard InChI is InChI=1S/C18H29N3O/c1-2-6-18(7-3-1)22-14-13-20-9-11-21(12-10-20)16-17-5-4-8-19-15-17/h1-3,6-7,17,19H,4-5,8-16H2/t17-/m0/s1. The molecule has 0 amide bonds. The monoisotopic (exact) mass is 303 g/mol. The molecule has 3 rings (SSSR count). The summed E-state index contributed by atoms with van der Waals surface area (Å²) in [5.41, 5.74) is 0. The summed E-state index contributed by atoms with van der Waals surface area (Å²) in [4.78, 5) is 5.17. The van der Waals surface area contributed by atoms with Gasteiger partial charge in [0.25, 0.3) is 0 Å². The first-order chi connectivity index (χ1) is 10.9. The summed E-state index contributed by atoms with van der Waals surface area (Å²) in [5, 5.41) is 3.52. The zero-order chi connectivity index (χ0) is 15.0. The van der Waals surface area contributed by atoms with Crippen LogP contribution in [0.3, 0.4) is 0 Å². The van der Waals surface area contributed by atoms with Crippen LogP contribution in [0.4, 0.5) is 0 Å². The van der Waals surface area contributed by atoms with Crippen LogP contribution in [-0.2, 0) is 0 Å². The van der Waals surface area contributed by atoms with E-state index in [1.165, 1.54) is 58.7 Å². The fraction of sp³-hybridized carbons (Fsp3) is 0.667. The molecular formula is C18H29N3O. The number of hydrogen-bond donors (Lipinski definition) is 1. The highest BCUT2D eigenvalue weighted by atomic mass is 16.5. The van der Waals surface area contributed by atoms with Crippen molar-refractivity contribution in [3.63, 3.8) is 0 Å². The molecule has 122 valence electrons. The van der Waals surface area contributed by atoms with E-state index in [2.05, 4.69) is 15.1 Å². The Labute approximate surface area is 134 Å². The van der Waals surface area contributed by atoms with Crippen molar-refractivity contribution in [2.45, 2.75) is 12.8 Å². The Hall–Kier alpha value is -1.10. The van der Waals surface area contributed by atoms with Crippen molar-refractivity contribution < 1.29 is 4.74 Å². The molecule has 2 aliphatic rings. The van der Waals surface area contributed by atoms with Crippen molar-refractivity contribution in [3.8, 4) is 5.75 Å². The lowest BCUT2D eigenvalue weighted by Crippen LogP contribution is -2.49. The van der Waals surface area contributed by atoms with Crippen LogP contribution < -0.4 is 10.1 Å². The summed E-state index contributed by atoms with van der Waals surface area (Å²) in [7, 11) is 0. The van der Waals surface area contributed by atoms with Crippen LogP contribution in [0.1, 0.15) is 12.8 Å². The van der Waals surface area contributed by atoms with Gasteiger partial charge in [0.15, 0.2) is 0 Å². The molecule has 0 unspecified atom stereocenters. The maximum absolute atomic E-state index is 5.79. The minimum absolute atomic E-state index is 0.788. The third-order valence-corrected chi connectivity index (χ3v) is 4.80. The van der Waals surface area contributed by atoms with Gasteiger partial charge in [0.1, 0.15) is 12.4 Å². The van der Waals surface area contributed by atoms with E-state index in [4.69, 9.17) is 4.74 Å². The molecule has 0 aromatic heterocycles. The van der Waals surface area contributed by atoms with Gasteiger partial charge in [-0.3, -0.25) is 4.90 Å². The molecule has 1 N–H and O–H groups in total. The molecule has 4 heteroatoms. The first kappa shape index (κ1) is 15.8. The lowest BCUT2D eigenvalue weighted by atomic mass is 9.99. The second kappa shape index (κ2) is 8.51. The van der Waals surface area contributed by atoms with Crippen molar-refractivity contribution in [2.24, 2.45) is 5.92 Å². The highest BCUT2D eigenvalue weighted by molar-refractivity contribution is 5.20. The highest BCUT2D eigenvalue weighted by Gasteiger charge is 2.21. The van der Waals surface area contributed by atoms with Gasteiger partial charge in [0.2, 0.25) is 0 Å². The lowest BCUT2D eigenvalue weighted by molar-refractivity contribution is 0.101. The molecule has 4 nitrogen and oxygen atoms in total. The van der Waals surface area contributed by atoms with Crippen LogP contribution in [0, 0.1) is 5.92 Å². The van der Waals surface area contributed by atoms with Gasteiger partial charge >= 0.3 is 0 Å². The Balaban J connectivity index is 1.30. The number of para-hydroxylation sites is 1. The van der Waals surface area contributed by atoms with E-state index in [9.17, 15) is 0 Å². The maximum Gasteiger partial charge on any atom is 0.119 e. The summed E-state index contributed by atoms with van der Waals surface area (Å²) in [6.45, 7) is 10.3. The maximum atomic E-state index is 5.79. The van der Waals surface area contributed by atoms with Crippen molar-refractivity contribution in [1.82, 2.24) is 15.1 Å². The van der Waals surface area contributed by atoms with E-state index in [0.717, 1.165) is 24.8 Å². The Bertz CT molecular complexity index is 412. The second-order valence-corrected chi connectivity index (χ2v) is 6.52. The van der Waals surface area contributed by atoms with Gasteiger partial charge in [-0.1, -0.05) is 18.2 Å². The number of rotatable bonds is 6. The van der Waals surface area contributed by atoms with E-state index in [-0.39, 0.29) is 0 Å². The van der Waals surface area contributed by atoms with Crippen LogP contribution in [0.2, 0.25) is 0 Å². The minimum atomic E-state index is 0.788. The quantitative estimate of drug-likeness (QED) is 0.865. The Morgan fingerprint density at radius 2 is 1.82 bits per heavy atom. The first-order valence-electron chi connectivity index (χ1n) is 8.73. The summed E-state index contributed by atoms with van der Waals surface area (Å²) >= 11 is 0. The zero-order valence-corrected chi connectivity index (χ0v) is 13.5. The molecule has 2 heterocycles. The SMILES string of the molecule is c1ccc(OCCN2CCN(C[C@H]3CCCNC3)CC2)cc1. The smallest absolute Gasteiger partial charge is 0.119 e. The topological polar surface area (TPSA) is 27.7 Å². The number of nitrogens with one attached hydrogen (secondary N) is 1. The van der Waals surface area contributed by atoms with Crippen LogP contribution in [0.25, 0.3) is 0 Å². The predicted molar refractivity (Wildman–Crippen MR) is 90.4 cm³/mol. The van der Waals surface area contributed by atoms with E-state index >= 15 is 0 Å². The number of benzene rings is 1. The van der Waals surface area contributed by atoms with Crippen LogP contribution in [0.5, 0.6) is 5.75 Å². The van der Waals surface area contributed by atoms with Crippen LogP contribution in [-0.4, -0.2) is 68.8 Å². The number of piperazine rings is 1. The van der Waals surface area contributed by atoms with Gasteiger partial charge < -0.3 is 15.0 Å². The number of ether oxygens (including phenoxy) is 1. The first-order valence-corrected chi connectivity index (χ1v) is 8.73. The number of piperidine rings is 1. The van der Waals surface area contributed by atoms with Gasteiger partial charge in [0.05, 0.1) is 0 Å². The van der Waals surface area contributed by atoms with Gasteiger partial charge in [-0.25, -0.2) is 0 Å². The zero-order valence-electron chi connectivity index (χ0n) is 13.5. The summed E-state index contributed by atoms with van der Waals surface area (Å²) in [6, 6.07) is 10.1. The highest BCUT2D eigenvalue weighted by Crippen LogP contribution is 2.13. The van der Waals surface area contributed by atoms with Crippen molar-refractivity contribution in [2.75, 3.05) is 59.0 Å². The molecule has 1 aromatic rings. The van der Waals surface area contributed by atoms with Crippen molar-refractivity contribution >= 4 is 0 Å². The molecule has 0 aliphatic carbocycles. The van der Waals surface area contributed by atoms with Gasteiger partial charge in [-0.2, -0.15) is 0 Å². The van der Waals surface area contributed by atoms with E-state index < -0.39 is 0 Å². The Morgan fingerprint density at radius 1 is 1.05 bits per heavy atom. The summed E-state index contributed by atoms with van der Waals surface area (Å²) in [5.74, 6) is 1.84. The van der Waals surface area contributed by atoms with Crippen LogP contribution >= 0.6 is 0 Å². The molecule has 2 saturated heterocycles. The fourth-order valence-corrected chi connectivity index (χ4v) is 3.45. The predicted octanol–water partition coefficient (Wildman–Crippen LogP) is 1.68. The second-order valence-electron chi connectivity index (χ2n) is 6.52. The Kier molecular flexibility index (Phi) is 6.11. The average molecular weight is 303 g/mol. The van der Waals surface area contributed by atoms with Crippen molar-refractivity contribution in [3.05, 3.63) is 30.3 Å². The molecule has 1 atom stereocenters. The van der Waals surface area contributed by atoms with Gasteiger partial charge in [-0.05, 0) is 44.0 Å². The molecule has 22 heavy (non-hydrogen) atoms. The number of hydrogen-bond acceptors (Lipinski definition) is 4. The summed E-state index contributed by atoms with van der Waals surface area (Å²) in [6.07, 6.45) is 2.75. The molecule has 0 radical (unpaired) electrons. The minimum Gasteiger partial charge on any atom is -0.492 e.